The van der Waals surface area contributed by atoms with Gasteiger partial charge in [-0.25, -0.2) is 4.98 Å². The number of hydrogen-bond acceptors (Lipinski definition) is 4. The minimum absolute atomic E-state index is 0.0831. The van der Waals surface area contributed by atoms with Gasteiger partial charge in [-0.05, 0) is 25.0 Å². The highest BCUT2D eigenvalue weighted by Crippen LogP contribution is 2.35. The molecule has 2 rings (SSSR count). The Hall–Kier alpha value is -1.62. The number of nitrogens with zero attached hydrogens (tertiary/aromatic N) is 1. The highest BCUT2D eigenvalue weighted by Gasteiger charge is 2.12. The molecule has 0 bridgehead atoms. The number of amides is 1. The van der Waals surface area contributed by atoms with Crippen LogP contribution < -0.4 is 11.1 Å². The van der Waals surface area contributed by atoms with Gasteiger partial charge < -0.3 is 11.1 Å². The summed E-state index contributed by atoms with van der Waals surface area (Å²) in [5.74, 6) is -0.0831. The zero-order chi connectivity index (χ0) is 11.9. The fourth-order valence-electron chi connectivity index (χ4n) is 1.75. The van der Waals surface area contributed by atoms with E-state index in [0.717, 1.165) is 27.0 Å². The summed E-state index contributed by atoms with van der Waals surface area (Å²) in [4.78, 5) is 15.4. The van der Waals surface area contributed by atoms with Crippen molar-refractivity contribution in [1.29, 1.82) is 0 Å². The Bertz CT molecular complexity index is 574. The Morgan fingerprint density at radius 3 is 2.75 bits per heavy atom. The molecule has 84 valence electrons. The van der Waals surface area contributed by atoms with E-state index in [4.69, 9.17) is 5.73 Å². The summed E-state index contributed by atoms with van der Waals surface area (Å²) >= 11 is 1.40. The first-order valence-electron chi connectivity index (χ1n) is 4.93. The first-order valence-corrected chi connectivity index (χ1v) is 5.74. The Kier molecular flexibility index (Phi) is 2.55. The van der Waals surface area contributed by atoms with E-state index in [1.807, 2.05) is 19.9 Å². The van der Waals surface area contributed by atoms with E-state index in [2.05, 4.69) is 10.3 Å². The van der Waals surface area contributed by atoms with Gasteiger partial charge in [-0.3, -0.25) is 4.79 Å². The van der Waals surface area contributed by atoms with Crippen LogP contribution in [0.1, 0.15) is 18.1 Å². The summed E-state index contributed by atoms with van der Waals surface area (Å²) in [6.07, 6.45) is 0. The largest absolute Gasteiger partial charge is 0.375 e. The number of nitrogens with two attached hydrogens (primary N) is 1. The normalized spacial score (nSPS) is 10.7. The molecular weight excluding hydrogens is 222 g/mol. The van der Waals surface area contributed by atoms with Crippen LogP contribution in [0.5, 0.6) is 0 Å². The molecule has 0 aliphatic heterocycles. The predicted octanol–water partition coefficient (Wildman–Crippen LogP) is 2.45. The lowest BCUT2D eigenvalue weighted by Crippen LogP contribution is -2.07. The van der Waals surface area contributed by atoms with Crippen LogP contribution in [0.25, 0.3) is 10.2 Å². The molecule has 1 heterocycles. The molecule has 5 heteroatoms. The minimum Gasteiger partial charge on any atom is -0.375 e. The van der Waals surface area contributed by atoms with Crippen molar-refractivity contribution in [3.05, 3.63) is 17.2 Å². The maximum atomic E-state index is 11.1. The van der Waals surface area contributed by atoms with Crippen molar-refractivity contribution in [2.24, 2.45) is 0 Å². The van der Waals surface area contributed by atoms with Crippen molar-refractivity contribution in [2.45, 2.75) is 20.8 Å². The van der Waals surface area contributed by atoms with E-state index in [1.165, 1.54) is 18.3 Å². The molecule has 0 saturated heterocycles. The molecule has 1 aromatic heterocycles. The van der Waals surface area contributed by atoms with E-state index in [9.17, 15) is 4.79 Å². The first kappa shape index (κ1) is 10.9. The number of carbonyl (C=O) groups excluding carboxylic acids is 1. The fourth-order valence-corrected chi connectivity index (χ4v) is 2.71. The van der Waals surface area contributed by atoms with Crippen LogP contribution in [0.4, 0.5) is 10.8 Å². The van der Waals surface area contributed by atoms with Crippen LogP contribution in [-0.2, 0) is 4.79 Å². The summed E-state index contributed by atoms with van der Waals surface area (Å²) in [7, 11) is 0. The predicted molar refractivity (Wildman–Crippen MR) is 67.8 cm³/mol. The number of benzene rings is 1. The number of rotatable bonds is 1. The molecule has 0 spiro atoms. The van der Waals surface area contributed by atoms with Crippen molar-refractivity contribution in [3.8, 4) is 0 Å². The maximum absolute atomic E-state index is 11.1. The van der Waals surface area contributed by atoms with Gasteiger partial charge in [0.1, 0.15) is 0 Å². The van der Waals surface area contributed by atoms with Crippen molar-refractivity contribution in [2.75, 3.05) is 11.1 Å². The number of thiazole rings is 1. The van der Waals surface area contributed by atoms with Gasteiger partial charge in [0.2, 0.25) is 5.91 Å². The Balaban J connectivity index is 2.75. The van der Waals surface area contributed by atoms with Crippen molar-refractivity contribution in [1.82, 2.24) is 4.98 Å². The zero-order valence-corrected chi connectivity index (χ0v) is 10.2. The van der Waals surface area contributed by atoms with E-state index in [-0.39, 0.29) is 5.91 Å². The van der Waals surface area contributed by atoms with Gasteiger partial charge in [-0.1, -0.05) is 17.4 Å². The molecule has 0 radical (unpaired) electrons. The second-order valence-corrected chi connectivity index (χ2v) is 4.83. The standard InChI is InChI=1S/C11H13N3OS/c1-5-4-6(2)9-10(16-11(12)14-9)8(5)13-7(3)15/h4H,1-3H3,(H2,12,14)(H,13,15). The fraction of sp³-hybridized carbons (Fsp3) is 0.273. The van der Waals surface area contributed by atoms with Gasteiger partial charge in [-0.15, -0.1) is 0 Å². The molecule has 16 heavy (non-hydrogen) atoms. The molecule has 0 unspecified atom stereocenters. The number of aryl methyl sites for hydroxylation is 2. The van der Waals surface area contributed by atoms with Crippen LogP contribution in [0.3, 0.4) is 0 Å². The van der Waals surface area contributed by atoms with E-state index in [1.54, 1.807) is 0 Å². The average Bonchev–Trinajstić information content (AvgIpc) is 2.54. The second kappa shape index (κ2) is 3.75. The van der Waals surface area contributed by atoms with Crippen LogP contribution in [0.2, 0.25) is 0 Å². The van der Waals surface area contributed by atoms with Crippen molar-refractivity contribution >= 4 is 38.3 Å². The molecule has 1 amide bonds. The maximum Gasteiger partial charge on any atom is 0.221 e. The third kappa shape index (κ3) is 1.74. The van der Waals surface area contributed by atoms with E-state index in [0.29, 0.717) is 5.13 Å². The number of fused-ring (bicyclic) bond motifs is 1. The molecular formula is C11H13N3OS. The Labute approximate surface area is 97.5 Å². The molecule has 1 aromatic carbocycles. The van der Waals surface area contributed by atoms with Gasteiger partial charge in [0.25, 0.3) is 0 Å². The summed E-state index contributed by atoms with van der Waals surface area (Å²) < 4.78 is 0.949. The van der Waals surface area contributed by atoms with E-state index < -0.39 is 0 Å². The van der Waals surface area contributed by atoms with Gasteiger partial charge in [0, 0.05) is 6.92 Å². The molecule has 2 aromatic rings. The van der Waals surface area contributed by atoms with Crippen LogP contribution in [0.15, 0.2) is 6.07 Å². The van der Waals surface area contributed by atoms with Gasteiger partial charge >= 0.3 is 0 Å². The first-order chi connectivity index (χ1) is 7.49. The third-order valence-corrected chi connectivity index (χ3v) is 3.27. The van der Waals surface area contributed by atoms with Crippen LogP contribution >= 0.6 is 11.3 Å². The highest BCUT2D eigenvalue weighted by atomic mass is 32.1. The molecule has 0 aliphatic carbocycles. The molecule has 3 N–H and O–H groups in total. The SMILES string of the molecule is CC(=O)Nc1c(C)cc(C)c2nc(N)sc12. The number of hydrogen-bond donors (Lipinski definition) is 2. The van der Waals surface area contributed by atoms with Crippen molar-refractivity contribution < 1.29 is 4.79 Å². The molecule has 0 aliphatic rings. The number of nitrogens with one attached hydrogen (secondary N) is 1. The Morgan fingerprint density at radius 1 is 1.44 bits per heavy atom. The van der Waals surface area contributed by atoms with Gasteiger partial charge in [0.15, 0.2) is 5.13 Å². The van der Waals surface area contributed by atoms with Crippen LogP contribution in [0, 0.1) is 13.8 Å². The average molecular weight is 235 g/mol. The van der Waals surface area contributed by atoms with E-state index >= 15 is 0 Å². The molecule has 0 saturated carbocycles. The lowest BCUT2D eigenvalue weighted by Gasteiger charge is -2.08. The monoisotopic (exact) mass is 235 g/mol. The molecule has 0 atom stereocenters. The van der Waals surface area contributed by atoms with Crippen molar-refractivity contribution in [3.63, 3.8) is 0 Å². The quantitative estimate of drug-likeness (QED) is 0.797. The topological polar surface area (TPSA) is 68.0 Å². The highest BCUT2D eigenvalue weighted by molar-refractivity contribution is 7.22. The minimum atomic E-state index is -0.0831. The Morgan fingerprint density at radius 2 is 2.12 bits per heavy atom. The molecule has 0 fully saturated rings. The summed E-state index contributed by atoms with van der Waals surface area (Å²) in [5, 5.41) is 3.36. The van der Waals surface area contributed by atoms with Gasteiger partial charge in [0.05, 0.1) is 15.9 Å². The van der Waals surface area contributed by atoms with Gasteiger partial charge in [-0.2, -0.15) is 0 Å². The lowest BCUT2D eigenvalue weighted by molar-refractivity contribution is -0.114. The molecule has 4 nitrogen and oxygen atoms in total. The van der Waals surface area contributed by atoms with Crippen LogP contribution in [-0.4, -0.2) is 10.9 Å². The summed E-state index contributed by atoms with van der Waals surface area (Å²) in [5.41, 5.74) is 9.51. The number of anilines is 2. The zero-order valence-electron chi connectivity index (χ0n) is 9.42. The smallest absolute Gasteiger partial charge is 0.221 e. The lowest BCUT2D eigenvalue weighted by atomic mass is 10.1. The second-order valence-electron chi connectivity index (χ2n) is 3.80. The number of aromatic nitrogens is 1. The number of nitrogen functional groups attached to an aromatic ring is 1. The summed E-state index contributed by atoms with van der Waals surface area (Å²) in [6.45, 7) is 5.45. The third-order valence-electron chi connectivity index (χ3n) is 2.37. The number of carbonyl (C=O) groups is 1. The summed E-state index contributed by atoms with van der Waals surface area (Å²) in [6, 6.07) is 2.01.